The summed E-state index contributed by atoms with van der Waals surface area (Å²) >= 11 is 5.34. The first kappa shape index (κ1) is 12.8. The number of ether oxygens (including phenoxy) is 1. The van der Waals surface area contributed by atoms with Gasteiger partial charge in [0.15, 0.2) is 11.6 Å². The van der Waals surface area contributed by atoms with Crippen molar-refractivity contribution in [2.24, 2.45) is 0 Å². The third kappa shape index (κ3) is 2.85. The summed E-state index contributed by atoms with van der Waals surface area (Å²) in [6.07, 6.45) is -5.00. The fraction of sp³-hybridized carbons (Fsp3) is 0.222. The predicted molar refractivity (Wildman–Crippen MR) is 48.1 cm³/mol. The van der Waals surface area contributed by atoms with Crippen molar-refractivity contribution >= 4 is 17.4 Å². The smallest absolute Gasteiger partial charge is 0.405 e. The molecule has 0 atom stereocenters. The van der Waals surface area contributed by atoms with Crippen molar-refractivity contribution in [3.05, 3.63) is 28.5 Å². The lowest BCUT2D eigenvalue weighted by Crippen LogP contribution is -2.19. The fourth-order valence-electron chi connectivity index (χ4n) is 1.07. The summed E-state index contributed by atoms with van der Waals surface area (Å²) in [4.78, 5) is 11.0. The molecule has 1 aromatic carbocycles. The number of Topliss-reactive ketones (excluding diaryl/α,β-unsaturated/α-hetero) is 1. The number of alkyl halides is 3. The number of halogens is 5. The normalized spacial score (nSPS) is 11.4. The van der Waals surface area contributed by atoms with Gasteiger partial charge in [0, 0.05) is 0 Å². The Morgan fingerprint density at radius 2 is 1.94 bits per heavy atom. The van der Waals surface area contributed by atoms with Gasteiger partial charge in [0.05, 0.1) is 10.6 Å². The van der Waals surface area contributed by atoms with Gasteiger partial charge >= 0.3 is 6.36 Å². The molecule has 0 radical (unpaired) electrons. The summed E-state index contributed by atoms with van der Waals surface area (Å²) in [6.45, 7) is 0.915. The third-order valence-corrected chi connectivity index (χ3v) is 1.93. The van der Waals surface area contributed by atoms with Crippen LogP contribution in [0.25, 0.3) is 0 Å². The molecule has 0 aliphatic rings. The number of hydrogen-bond donors (Lipinski definition) is 0. The van der Waals surface area contributed by atoms with Crippen LogP contribution < -0.4 is 4.74 Å². The highest BCUT2D eigenvalue weighted by Crippen LogP contribution is 2.31. The van der Waals surface area contributed by atoms with Gasteiger partial charge in [-0.05, 0) is 19.1 Å². The third-order valence-electron chi connectivity index (χ3n) is 1.63. The van der Waals surface area contributed by atoms with E-state index in [4.69, 9.17) is 11.6 Å². The molecule has 0 N–H and O–H groups in total. The Morgan fingerprint density at radius 1 is 1.38 bits per heavy atom. The van der Waals surface area contributed by atoms with E-state index in [2.05, 4.69) is 4.74 Å². The topological polar surface area (TPSA) is 26.3 Å². The van der Waals surface area contributed by atoms with Gasteiger partial charge in [-0.1, -0.05) is 11.6 Å². The molecule has 1 rings (SSSR count). The van der Waals surface area contributed by atoms with Gasteiger partial charge in [-0.3, -0.25) is 4.79 Å². The first-order chi connectivity index (χ1) is 7.22. The van der Waals surface area contributed by atoms with E-state index in [9.17, 15) is 22.4 Å². The van der Waals surface area contributed by atoms with E-state index in [1.54, 1.807) is 0 Å². The molecule has 0 unspecified atom stereocenters. The summed E-state index contributed by atoms with van der Waals surface area (Å²) in [5.74, 6) is -3.03. The molecule has 1 aromatic rings. The molecule has 0 fully saturated rings. The molecule has 0 saturated carbocycles. The highest BCUT2D eigenvalue weighted by Gasteiger charge is 2.33. The Bertz CT molecular complexity index is 428. The molecular weight excluding hydrogens is 252 g/mol. The van der Waals surface area contributed by atoms with Crippen LogP contribution in [0.4, 0.5) is 17.6 Å². The second-order valence-corrected chi connectivity index (χ2v) is 3.25. The predicted octanol–water partition coefficient (Wildman–Crippen LogP) is 3.58. The van der Waals surface area contributed by atoms with Crippen molar-refractivity contribution in [1.29, 1.82) is 0 Å². The van der Waals surface area contributed by atoms with Crippen molar-refractivity contribution in [3.63, 3.8) is 0 Å². The van der Waals surface area contributed by atoms with Gasteiger partial charge in [0.1, 0.15) is 5.75 Å². The minimum Gasteiger partial charge on any atom is -0.405 e. The highest BCUT2D eigenvalue weighted by atomic mass is 35.5. The number of carbonyl (C=O) groups is 1. The number of hydrogen-bond acceptors (Lipinski definition) is 2. The van der Waals surface area contributed by atoms with E-state index >= 15 is 0 Å². The summed E-state index contributed by atoms with van der Waals surface area (Å²) in [6, 6.07) is 1.67. The molecule has 0 bridgehead atoms. The van der Waals surface area contributed by atoms with Crippen LogP contribution in [0.3, 0.4) is 0 Å². The van der Waals surface area contributed by atoms with Crippen molar-refractivity contribution in [2.45, 2.75) is 13.3 Å². The van der Waals surface area contributed by atoms with E-state index < -0.39 is 34.3 Å². The number of ketones is 1. The van der Waals surface area contributed by atoms with Crippen molar-refractivity contribution in [3.8, 4) is 5.75 Å². The van der Waals surface area contributed by atoms with Crippen LogP contribution >= 0.6 is 11.6 Å². The Balaban J connectivity index is 3.29. The molecule has 16 heavy (non-hydrogen) atoms. The van der Waals surface area contributed by atoms with Crippen LogP contribution in [-0.4, -0.2) is 12.1 Å². The van der Waals surface area contributed by atoms with E-state index in [1.165, 1.54) is 0 Å². The van der Waals surface area contributed by atoms with Crippen LogP contribution in [0.15, 0.2) is 12.1 Å². The molecule has 0 aliphatic heterocycles. The van der Waals surface area contributed by atoms with Gasteiger partial charge in [-0.15, -0.1) is 13.2 Å². The lowest BCUT2D eigenvalue weighted by Gasteiger charge is -2.12. The summed E-state index contributed by atoms with van der Waals surface area (Å²) < 4.78 is 52.6. The average Bonchev–Trinajstić information content (AvgIpc) is 2.08. The summed E-state index contributed by atoms with van der Waals surface area (Å²) in [5.41, 5.74) is -0.815. The van der Waals surface area contributed by atoms with Gasteiger partial charge < -0.3 is 4.74 Å². The zero-order valence-electron chi connectivity index (χ0n) is 7.86. The monoisotopic (exact) mass is 256 g/mol. The zero-order chi connectivity index (χ0) is 12.5. The standard InChI is InChI=1S/C9H5ClF4O2/c1-4(15)7-6(16-9(12,13)14)3-2-5(10)8(7)11/h2-3H,1H3. The molecule has 88 valence electrons. The molecule has 2 nitrogen and oxygen atoms in total. The molecule has 0 aromatic heterocycles. The summed E-state index contributed by atoms with van der Waals surface area (Å²) in [7, 11) is 0. The molecule has 0 spiro atoms. The van der Waals surface area contributed by atoms with Gasteiger partial charge in [0.2, 0.25) is 0 Å². The second-order valence-electron chi connectivity index (χ2n) is 2.84. The molecule has 0 saturated heterocycles. The maximum Gasteiger partial charge on any atom is 0.573 e. The van der Waals surface area contributed by atoms with E-state index in [-0.39, 0.29) is 0 Å². The quantitative estimate of drug-likeness (QED) is 0.597. The maximum atomic E-state index is 13.3. The summed E-state index contributed by atoms with van der Waals surface area (Å²) in [5, 5.41) is -0.445. The lowest BCUT2D eigenvalue weighted by atomic mass is 10.1. The number of rotatable bonds is 2. The maximum absolute atomic E-state index is 13.3. The Hall–Kier alpha value is -1.30. The highest BCUT2D eigenvalue weighted by molar-refractivity contribution is 6.31. The van der Waals surface area contributed by atoms with E-state index in [1.807, 2.05) is 0 Å². The number of benzene rings is 1. The van der Waals surface area contributed by atoms with Crippen LogP contribution in [-0.2, 0) is 0 Å². The SMILES string of the molecule is CC(=O)c1c(OC(F)(F)F)ccc(Cl)c1F. The second kappa shape index (κ2) is 4.29. The number of carbonyl (C=O) groups excluding carboxylic acids is 1. The van der Waals surface area contributed by atoms with E-state index in [0.717, 1.165) is 19.1 Å². The molecule has 7 heteroatoms. The van der Waals surface area contributed by atoms with E-state index in [0.29, 0.717) is 0 Å². The van der Waals surface area contributed by atoms with Crippen LogP contribution in [0, 0.1) is 5.82 Å². The zero-order valence-corrected chi connectivity index (χ0v) is 8.62. The van der Waals surface area contributed by atoms with Crippen LogP contribution in [0.2, 0.25) is 5.02 Å². The van der Waals surface area contributed by atoms with Gasteiger partial charge in [-0.2, -0.15) is 0 Å². The molecular formula is C9H5ClF4O2. The molecule has 0 aliphatic carbocycles. The van der Waals surface area contributed by atoms with Gasteiger partial charge in [-0.25, -0.2) is 4.39 Å². The van der Waals surface area contributed by atoms with Crippen LogP contribution in [0.5, 0.6) is 5.75 Å². The minimum atomic E-state index is -5.00. The minimum absolute atomic E-state index is 0.445. The van der Waals surface area contributed by atoms with Crippen molar-refractivity contribution in [2.75, 3.05) is 0 Å². The fourth-order valence-corrected chi connectivity index (χ4v) is 1.23. The van der Waals surface area contributed by atoms with Crippen LogP contribution in [0.1, 0.15) is 17.3 Å². The van der Waals surface area contributed by atoms with Crippen molar-refractivity contribution < 1.29 is 27.1 Å². The van der Waals surface area contributed by atoms with Crippen molar-refractivity contribution in [1.82, 2.24) is 0 Å². The molecule has 0 amide bonds. The van der Waals surface area contributed by atoms with Gasteiger partial charge in [0.25, 0.3) is 0 Å². The average molecular weight is 257 g/mol. The molecule has 0 heterocycles. The first-order valence-electron chi connectivity index (χ1n) is 3.97. The Labute approximate surface area is 92.8 Å². The Morgan fingerprint density at radius 3 is 2.38 bits per heavy atom. The first-order valence-corrected chi connectivity index (χ1v) is 4.35. The Kier molecular flexibility index (Phi) is 3.42. The lowest BCUT2D eigenvalue weighted by molar-refractivity contribution is -0.274. The largest absolute Gasteiger partial charge is 0.573 e.